The number of anilines is 1. The van der Waals surface area contributed by atoms with Crippen molar-refractivity contribution in [3.63, 3.8) is 0 Å². The van der Waals surface area contributed by atoms with Gasteiger partial charge in [-0.25, -0.2) is 0 Å². The van der Waals surface area contributed by atoms with Crippen molar-refractivity contribution in [1.29, 1.82) is 0 Å². The number of methoxy groups -OCH3 is 1. The van der Waals surface area contributed by atoms with Crippen molar-refractivity contribution in [2.75, 3.05) is 26.0 Å². The van der Waals surface area contributed by atoms with Gasteiger partial charge in [-0.1, -0.05) is 6.07 Å². The van der Waals surface area contributed by atoms with E-state index >= 15 is 0 Å². The number of pyridine rings is 1. The van der Waals surface area contributed by atoms with E-state index in [1.54, 1.807) is 20.3 Å². The second kappa shape index (κ2) is 7.45. The van der Waals surface area contributed by atoms with Crippen LogP contribution in [0, 0.1) is 6.92 Å². The van der Waals surface area contributed by atoms with Gasteiger partial charge >= 0.3 is 0 Å². The van der Waals surface area contributed by atoms with Gasteiger partial charge < -0.3 is 15.0 Å². The zero-order valence-electron chi connectivity index (χ0n) is 15.7. The van der Waals surface area contributed by atoms with Gasteiger partial charge in [0.15, 0.2) is 0 Å². The number of carbonyl (C=O) groups is 2. The van der Waals surface area contributed by atoms with E-state index in [1.807, 2.05) is 37.3 Å². The molecule has 140 valence electrons. The van der Waals surface area contributed by atoms with Gasteiger partial charge in [0.25, 0.3) is 5.91 Å². The Morgan fingerprint density at radius 3 is 2.78 bits per heavy atom. The number of aryl methyl sites for hydroxylation is 2. The third kappa shape index (κ3) is 3.89. The smallest absolute Gasteiger partial charge is 0.261 e. The molecule has 8 heteroatoms. The van der Waals surface area contributed by atoms with Crippen LogP contribution in [0.25, 0.3) is 10.9 Å². The van der Waals surface area contributed by atoms with E-state index in [1.165, 1.54) is 16.7 Å². The topological polar surface area (TPSA) is 89.4 Å². The fourth-order valence-electron chi connectivity index (χ4n) is 2.81. The van der Waals surface area contributed by atoms with E-state index in [9.17, 15) is 9.59 Å². The number of rotatable bonds is 5. The summed E-state index contributed by atoms with van der Waals surface area (Å²) in [7, 11) is 4.70. The highest BCUT2D eigenvalue weighted by molar-refractivity contribution is 6.04. The summed E-state index contributed by atoms with van der Waals surface area (Å²) in [6, 6.07) is 9.34. The molecule has 2 aromatic heterocycles. The van der Waals surface area contributed by atoms with Crippen LogP contribution in [-0.4, -0.2) is 52.2 Å². The molecule has 0 atom stereocenters. The summed E-state index contributed by atoms with van der Waals surface area (Å²) in [5.41, 5.74) is 2.67. The molecule has 0 aliphatic carbocycles. The Morgan fingerprint density at radius 1 is 1.26 bits per heavy atom. The number of benzene rings is 1. The van der Waals surface area contributed by atoms with Crippen LogP contribution in [0.5, 0.6) is 5.88 Å². The first kappa shape index (κ1) is 18.4. The number of aromatic nitrogens is 3. The maximum Gasteiger partial charge on any atom is 0.261 e. The first-order valence-electron chi connectivity index (χ1n) is 8.38. The zero-order valence-corrected chi connectivity index (χ0v) is 15.7. The largest absolute Gasteiger partial charge is 0.479 e. The van der Waals surface area contributed by atoms with E-state index in [0.29, 0.717) is 11.3 Å². The Balaban J connectivity index is 1.73. The number of hydrogen-bond donors (Lipinski definition) is 1. The molecule has 0 bridgehead atoms. The van der Waals surface area contributed by atoms with Crippen molar-refractivity contribution >= 4 is 28.4 Å². The molecule has 0 aliphatic rings. The minimum Gasteiger partial charge on any atom is -0.479 e. The van der Waals surface area contributed by atoms with Crippen LogP contribution in [0.15, 0.2) is 36.5 Å². The summed E-state index contributed by atoms with van der Waals surface area (Å²) in [5, 5.41) is 7.76. The summed E-state index contributed by atoms with van der Waals surface area (Å²) in [6.45, 7) is 1.81. The fourth-order valence-corrected chi connectivity index (χ4v) is 2.81. The SMILES string of the molecule is COc1nn(C)cc1C(=O)N(C)CC(=O)Nc1cccc2nc(C)ccc12. The van der Waals surface area contributed by atoms with E-state index in [2.05, 4.69) is 15.4 Å². The molecule has 8 nitrogen and oxygen atoms in total. The van der Waals surface area contributed by atoms with Crippen LogP contribution in [0.2, 0.25) is 0 Å². The molecular weight excluding hydrogens is 346 g/mol. The lowest BCUT2D eigenvalue weighted by Crippen LogP contribution is -2.35. The number of nitrogens with zero attached hydrogens (tertiary/aromatic N) is 4. The van der Waals surface area contributed by atoms with Crippen LogP contribution in [0.3, 0.4) is 0 Å². The van der Waals surface area contributed by atoms with Crippen molar-refractivity contribution in [3.8, 4) is 5.88 Å². The van der Waals surface area contributed by atoms with Crippen molar-refractivity contribution < 1.29 is 14.3 Å². The number of hydrogen-bond acceptors (Lipinski definition) is 5. The molecule has 0 fully saturated rings. The summed E-state index contributed by atoms with van der Waals surface area (Å²) in [5.74, 6) is -0.419. The van der Waals surface area contributed by atoms with Crippen LogP contribution in [0.1, 0.15) is 16.1 Å². The molecule has 0 aliphatic heterocycles. The van der Waals surface area contributed by atoms with E-state index < -0.39 is 0 Å². The molecule has 27 heavy (non-hydrogen) atoms. The Labute approximate surface area is 156 Å². The van der Waals surface area contributed by atoms with E-state index in [0.717, 1.165) is 16.6 Å². The number of likely N-dealkylation sites (N-methyl/N-ethyl adjacent to an activating group) is 1. The number of nitrogens with one attached hydrogen (secondary N) is 1. The molecule has 2 heterocycles. The van der Waals surface area contributed by atoms with Crippen LogP contribution < -0.4 is 10.1 Å². The molecule has 3 aromatic rings. The minimum atomic E-state index is -0.342. The van der Waals surface area contributed by atoms with Crippen molar-refractivity contribution in [2.24, 2.45) is 7.05 Å². The number of carbonyl (C=O) groups excluding carboxylic acids is 2. The molecule has 0 spiro atoms. The average molecular weight is 367 g/mol. The quantitative estimate of drug-likeness (QED) is 0.745. The van der Waals surface area contributed by atoms with Gasteiger partial charge in [-0.2, -0.15) is 0 Å². The summed E-state index contributed by atoms with van der Waals surface area (Å²) in [6.07, 6.45) is 1.56. The number of ether oxygens (including phenoxy) is 1. The monoisotopic (exact) mass is 367 g/mol. The maximum absolute atomic E-state index is 12.6. The lowest BCUT2D eigenvalue weighted by molar-refractivity contribution is -0.116. The lowest BCUT2D eigenvalue weighted by Gasteiger charge is -2.17. The second-order valence-corrected chi connectivity index (χ2v) is 6.26. The molecular formula is C19H21N5O3. The normalized spacial score (nSPS) is 10.7. The summed E-state index contributed by atoms with van der Waals surface area (Å²) < 4.78 is 6.60. The molecule has 1 N–H and O–H groups in total. The summed E-state index contributed by atoms with van der Waals surface area (Å²) in [4.78, 5) is 30.8. The molecule has 0 saturated heterocycles. The van der Waals surface area contributed by atoms with Gasteiger partial charge in [-0.05, 0) is 31.2 Å². The van der Waals surface area contributed by atoms with Gasteiger partial charge in [0, 0.05) is 31.4 Å². The predicted molar refractivity (Wildman–Crippen MR) is 102 cm³/mol. The lowest BCUT2D eigenvalue weighted by atomic mass is 10.1. The number of amides is 2. The van der Waals surface area contributed by atoms with Gasteiger partial charge in [0.05, 0.1) is 24.9 Å². The Bertz CT molecular complexity index is 1010. The number of fused-ring (bicyclic) bond motifs is 1. The molecule has 0 saturated carbocycles. The molecule has 0 radical (unpaired) electrons. The van der Waals surface area contributed by atoms with Crippen LogP contribution >= 0.6 is 0 Å². The predicted octanol–water partition coefficient (Wildman–Crippen LogP) is 2.00. The molecule has 3 rings (SSSR count). The highest BCUT2D eigenvalue weighted by Gasteiger charge is 2.21. The van der Waals surface area contributed by atoms with Gasteiger partial charge in [0.1, 0.15) is 5.56 Å². The minimum absolute atomic E-state index is 0.105. The molecule has 0 unspecified atom stereocenters. The Hall–Kier alpha value is -3.42. The van der Waals surface area contributed by atoms with Crippen LogP contribution in [0.4, 0.5) is 5.69 Å². The van der Waals surface area contributed by atoms with Gasteiger partial charge in [0.2, 0.25) is 11.8 Å². The van der Waals surface area contributed by atoms with Crippen molar-refractivity contribution in [3.05, 3.63) is 47.8 Å². The summed E-state index contributed by atoms with van der Waals surface area (Å²) >= 11 is 0. The Kier molecular flexibility index (Phi) is 5.07. The molecule has 2 amide bonds. The molecule has 1 aromatic carbocycles. The first-order valence-corrected chi connectivity index (χ1v) is 8.38. The van der Waals surface area contributed by atoms with Crippen molar-refractivity contribution in [2.45, 2.75) is 6.92 Å². The highest BCUT2D eigenvalue weighted by atomic mass is 16.5. The first-order chi connectivity index (χ1) is 12.9. The van der Waals surface area contributed by atoms with E-state index in [4.69, 9.17) is 4.74 Å². The van der Waals surface area contributed by atoms with E-state index in [-0.39, 0.29) is 24.2 Å². The van der Waals surface area contributed by atoms with Crippen molar-refractivity contribution in [1.82, 2.24) is 19.7 Å². The third-order valence-electron chi connectivity index (χ3n) is 4.09. The Morgan fingerprint density at radius 2 is 2.04 bits per heavy atom. The average Bonchev–Trinajstić information content (AvgIpc) is 3.01. The zero-order chi connectivity index (χ0) is 19.6. The fraction of sp³-hybridized carbons (Fsp3) is 0.263. The highest BCUT2D eigenvalue weighted by Crippen LogP contribution is 2.22. The second-order valence-electron chi connectivity index (χ2n) is 6.26. The van der Waals surface area contributed by atoms with Gasteiger partial charge in [-0.15, -0.1) is 5.10 Å². The standard InChI is InChI=1S/C19H21N5O3/c1-12-8-9-13-15(20-12)6-5-7-16(13)21-17(25)11-23(2)19(26)14-10-24(3)22-18(14)27-4/h5-10H,11H2,1-4H3,(H,21,25). The van der Waals surface area contributed by atoms with Gasteiger partial charge in [-0.3, -0.25) is 19.3 Å². The maximum atomic E-state index is 12.6. The van der Waals surface area contributed by atoms with Crippen LogP contribution in [-0.2, 0) is 11.8 Å². The third-order valence-corrected chi connectivity index (χ3v) is 4.09.